The van der Waals surface area contributed by atoms with Gasteiger partial charge in [0.2, 0.25) is 0 Å². The van der Waals surface area contributed by atoms with Crippen molar-refractivity contribution in [1.29, 1.82) is 0 Å². The number of rotatable bonds is 4. The van der Waals surface area contributed by atoms with Crippen LogP contribution in [-0.2, 0) is 5.33 Å². The molecule has 1 saturated heterocycles. The Hall–Kier alpha value is -0.570. The van der Waals surface area contributed by atoms with Crippen LogP contribution in [0.5, 0.6) is 0 Å². The van der Waals surface area contributed by atoms with Gasteiger partial charge in [0.05, 0.1) is 5.69 Å². The van der Waals surface area contributed by atoms with Crippen LogP contribution in [0.4, 0.5) is 10.1 Å². The molecule has 18 heavy (non-hydrogen) atoms. The molecule has 0 aliphatic carbocycles. The fourth-order valence-electron chi connectivity index (χ4n) is 2.92. The Balaban J connectivity index is 2.32. The third kappa shape index (κ3) is 2.87. The van der Waals surface area contributed by atoms with Gasteiger partial charge in [-0.1, -0.05) is 41.4 Å². The van der Waals surface area contributed by atoms with Crippen molar-refractivity contribution in [3.63, 3.8) is 0 Å². The molecule has 0 bridgehead atoms. The van der Waals surface area contributed by atoms with Crippen LogP contribution < -0.4 is 4.90 Å². The molecular weight excluding hydrogens is 293 g/mol. The van der Waals surface area contributed by atoms with E-state index in [2.05, 4.69) is 27.8 Å². The lowest BCUT2D eigenvalue weighted by Gasteiger charge is -2.38. The number of alkyl halides is 1. The molecule has 0 spiro atoms. The van der Waals surface area contributed by atoms with E-state index >= 15 is 0 Å². The summed E-state index contributed by atoms with van der Waals surface area (Å²) in [5, 5.41) is 0.718. The van der Waals surface area contributed by atoms with Crippen LogP contribution in [-0.4, -0.2) is 12.6 Å². The molecule has 3 heteroatoms. The molecule has 1 aromatic rings. The van der Waals surface area contributed by atoms with Crippen LogP contribution in [0.3, 0.4) is 0 Å². The largest absolute Gasteiger partial charge is 0.366 e. The fraction of sp³-hybridized carbons (Fsp3) is 0.600. The van der Waals surface area contributed by atoms with Crippen molar-refractivity contribution in [2.24, 2.45) is 0 Å². The molecule has 1 aliphatic heterocycles. The number of hydrogen-bond acceptors (Lipinski definition) is 1. The third-order valence-corrected chi connectivity index (χ3v) is 4.35. The minimum atomic E-state index is -0.0741. The van der Waals surface area contributed by atoms with Crippen molar-refractivity contribution >= 4 is 21.6 Å². The molecule has 1 nitrogen and oxygen atoms in total. The highest BCUT2D eigenvalue weighted by Crippen LogP contribution is 2.33. The Morgan fingerprint density at radius 1 is 1.39 bits per heavy atom. The predicted molar refractivity (Wildman–Crippen MR) is 78.9 cm³/mol. The van der Waals surface area contributed by atoms with Crippen LogP contribution in [0.1, 0.15) is 44.6 Å². The first-order chi connectivity index (χ1) is 8.77. The Labute approximate surface area is 118 Å². The van der Waals surface area contributed by atoms with E-state index in [9.17, 15) is 4.39 Å². The number of para-hydroxylation sites is 1. The summed E-state index contributed by atoms with van der Waals surface area (Å²) >= 11 is 3.47. The van der Waals surface area contributed by atoms with Crippen LogP contribution in [0, 0.1) is 5.82 Å². The van der Waals surface area contributed by atoms with Gasteiger partial charge in [-0.15, -0.1) is 0 Å². The van der Waals surface area contributed by atoms with Crippen molar-refractivity contribution < 1.29 is 4.39 Å². The van der Waals surface area contributed by atoms with E-state index in [4.69, 9.17) is 0 Å². The van der Waals surface area contributed by atoms with Gasteiger partial charge in [0.1, 0.15) is 5.82 Å². The number of halogens is 2. The minimum absolute atomic E-state index is 0.0741. The van der Waals surface area contributed by atoms with E-state index in [0.29, 0.717) is 6.04 Å². The van der Waals surface area contributed by atoms with Crippen LogP contribution in [0.15, 0.2) is 18.2 Å². The fourth-order valence-corrected chi connectivity index (χ4v) is 3.37. The van der Waals surface area contributed by atoms with Gasteiger partial charge in [0.15, 0.2) is 0 Å². The second-order valence-electron chi connectivity index (χ2n) is 5.01. The molecule has 1 heterocycles. The second kappa shape index (κ2) is 6.55. The lowest BCUT2D eigenvalue weighted by atomic mass is 9.96. The molecule has 1 aromatic carbocycles. The summed E-state index contributed by atoms with van der Waals surface area (Å²) in [6.07, 6.45) is 5.98. The molecule has 1 aliphatic rings. The smallest absolute Gasteiger partial charge is 0.146 e. The summed E-state index contributed by atoms with van der Waals surface area (Å²) in [5.41, 5.74) is 1.89. The molecule has 0 N–H and O–H groups in total. The van der Waals surface area contributed by atoms with Gasteiger partial charge in [-0.25, -0.2) is 4.39 Å². The summed E-state index contributed by atoms with van der Waals surface area (Å²) in [4.78, 5) is 2.30. The third-order valence-electron chi connectivity index (χ3n) is 3.75. The highest BCUT2D eigenvalue weighted by atomic mass is 79.9. The van der Waals surface area contributed by atoms with Crippen molar-refractivity contribution in [3.05, 3.63) is 29.6 Å². The van der Waals surface area contributed by atoms with Gasteiger partial charge in [0, 0.05) is 17.9 Å². The summed E-state index contributed by atoms with van der Waals surface area (Å²) in [5.74, 6) is -0.0741. The highest BCUT2D eigenvalue weighted by Gasteiger charge is 2.25. The molecular formula is C15H21BrFN. The van der Waals surface area contributed by atoms with Gasteiger partial charge in [-0.05, 0) is 37.3 Å². The van der Waals surface area contributed by atoms with Crippen molar-refractivity contribution in [2.75, 3.05) is 11.4 Å². The predicted octanol–water partition coefficient (Wildman–Crippen LogP) is 4.88. The normalized spacial score (nSPS) is 20.2. The maximum atomic E-state index is 14.2. The summed E-state index contributed by atoms with van der Waals surface area (Å²) < 4.78 is 14.2. The van der Waals surface area contributed by atoms with Crippen LogP contribution in [0.25, 0.3) is 0 Å². The second-order valence-corrected chi connectivity index (χ2v) is 5.57. The molecule has 2 rings (SSSR count). The SMILES string of the molecule is CCCC1CCCCN1c1c(F)cccc1CBr. The lowest BCUT2D eigenvalue weighted by Crippen LogP contribution is -2.40. The zero-order valence-electron chi connectivity index (χ0n) is 11.0. The zero-order chi connectivity index (χ0) is 13.0. The van der Waals surface area contributed by atoms with E-state index in [1.54, 1.807) is 12.1 Å². The Morgan fingerprint density at radius 2 is 2.22 bits per heavy atom. The topological polar surface area (TPSA) is 3.24 Å². The molecule has 1 atom stereocenters. The van der Waals surface area contributed by atoms with Crippen LogP contribution in [0.2, 0.25) is 0 Å². The summed E-state index contributed by atoms with van der Waals surface area (Å²) in [6, 6.07) is 5.91. The average molecular weight is 314 g/mol. The van der Waals surface area contributed by atoms with Gasteiger partial charge in [0.25, 0.3) is 0 Å². The zero-order valence-corrected chi connectivity index (χ0v) is 12.5. The van der Waals surface area contributed by atoms with Gasteiger partial charge >= 0.3 is 0 Å². The van der Waals surface area contributed by atoms with E-state index < -0.39 is 0 Å². The molecule has 0 radical (unpaired) electrons. The summed E-state index contributed by atoms with van der Waals surface area (Å²) in [6.45, 7) is 3.20. The Bertz CT molecular complexity index is 392. The molecule has 1 fully saturated rings. The van der Waals surface area contributed by atoms with E-state index in [0.717, 1.165) is 29.5 Å². The molecule has 0 amide bonds. The molecule has 1 unspecified atom stereocenters. The monoisotopic (exact) mass is 313 g/mol. The maximum absolute atomic E-state index is 14.2. The number of nitrogens with zero attached hydrogens (tertiary/aromatic N) is 1. The first-order valence-corrected chi connectivity index (χ1v) is 8.00. The van der Waals surface area contributed by atoms with Gasteiger partial charge in [-0.2, -0.15) is 0 Å². The quantitative estimate of drug-likeness (QED) is 0.716. The molecule has 0 aromatic heterocycles. The molecule has 100 valence electrons. The van der Waals surface area contributed by atoms with E-state index in [1.165, 1.54) is 25.7 Å². The lowest BCUT2D eigenvalue weighted by molar-refractivity contribution is 0.428. The van der Waals surface area contributed by atoms with Gasteiger partial charge < -0.3 is 4.90 Å². The maximum Gasteiger partial charge on any atom is 0.146 e. The first-order valence-electron chi connectivity index (χ1n) is 6.88. The highest BCUT2D eigenvalue weighted by molar-refractivity contribution is 9.08. The standard InChI is InChI=1S/C15H21BrFN/c1-2-6-13-8-3-4-10-18(13)15-12(11-16)7-5-9-14(15)17/h5,7,9,13H,2-4,6,8,10-11H2,1H3. The minimum Gasteiger partial charge on any atom is -0.366 e. The van der Waals surface area contributed by atoms with Crippen molar-refractivity contribution in [2.45, 2.75) is 50.4 Å². The van der Waals surface area contributed by atoms with E-state index in [1.807, 2.05) is 6.07 Å². The van der Waals surface area contributed by atoms with Gasteiger partial charge in [-0.3, -0.25) is 0 Å². The molecule has 0 saturated carbocycles. The Morgan fingerprint density at radius 3 is 2.94 bits per heavy atom. The average Bonchev–Trinajstić information content (AvgIpc) is 2.40. The summed E-state index contributed by atoms with van der Waals surface area (Å²) in [7, 11) is 0. The number of benzene rings is 1. The van der Waals surface area contributed by atoms with Crippen molar-refractivity contribution in [3.8, 4) is 0 Å². The first kappa shape index (κ1) is 13.9. The number of hydrogen-bond donors (Lipinski definition) is 0. The Kier molecular flexibility index (Phi) is 5.04. The number of anilines is 1. The van der Waals surface area contributed by atoms with Crippen molar-refractivity contribution in [1.82, 2.24) is 0 Å². The number of piperidine rings is 1. The van der Waals surface area contributed by atoms with Crippen LogP contribution >= 0.6 is 15.9 Å². The van der Waals surface area contributed by atoms with E-state index in [-0.39, 0.29) is 5.82 Å².